The monoisotopic (exact) mass is 535 g/mol. The van der Waals surface area contributed by atoms with Gasteiger partial charge < -0.3 is 19.7 Å². The predicted octanol–water partition coefficient (Wildman–Crippen LogP) is 2.56. The summed E-state index contributed by atoms with van der Waals surface area (Å²) in [6.07, 6.45) is 0.531. The van der Waals surface area contributed by atoms with Crippen molar-refractivity contribution < 1.29 is 28.4 Å². The van der Waals surface area contributed by atoms with E-state index in [1.165, 1.54) is 0 Å². The van der Waals surface area contributed by atoms with Gasteiger partial charge in [-0.3, -0.25) is 24.0 Å². The standard InChI is InChI=1S/C27H29N5O7/c1-2-37-25(34)19-11-13-31(14-12-19)20-7-9-21(10-8-20)32-16-22(38-27(32)36)15-28-24(33)18-5-3-17(4-6-18)23-29-26(35)39-30-23/h3-10,19,22H,2,11-16H2,1H3,(H,28,33)(H,29,30,35)/t22-/m0/s1. The van der Waals surface area contributed by atoms with E-state index in [1.807, 2.05) is 31.2 Å². The van der Waals surface area contributed by atoms with Crippen molar-refractivity contribution in [3.8, 4) is 11.4 Å². The van der Waals surface area contributed by atoms with E-state index in [9.17, 15) is 19.2 Å². The molecule has 0 saturated carbocycles. The summed E-state index contributed by atoms with van der Waals surface area (Å²) < 4.78 is 15.1. The van der Waals surface area contributed by atoms with E-state index in [0.717, 1.165) is 31.6 Å². The fraction of sp³-hybridized carbons (Fsp3) is 0.370. The number of benzene rings is 2. The maximum absolute atomic E-state index is 12.6. The number of piperidine rings is 1. The molecule has 2 saturated heterocycles. The number of hydrogen-bond donors (Lipinski definition) is 2. The fourth-order valence-electron chi connectivity index (χ4n) is 4.76. The van der Waals surface area contributed by atoms with Gasteiger partial charge >= 0.3 is 17.8 Å². The summed E-state index contributed by atoms with van der Waals surface area (Å²) in [5.74, 6) is -0.874. The molecule has 2 N–H and O–H groups in total. The van der Waals surface area contributed by atoms with Gasteiger partial charge in [0.05, 0.1) is 25.6 Å². The number of esters is 1. The molecule has 39 heavy (non-hydrogen) atoms. The summed E-state index contributed by atoms with van der Waals surface area (Å²) in [7, 11) is 0. The Balaban J connectivity index is 1.11. The second-order valence-electron chi connectivity index (χ2n) is 9.38. The van der Waals surface area contributed by atoms with Crippen LogP contribution in [0.1, 0.15) is 30.1 Å². The zero-order chi connectivity index (χ0) is 27.4. The maximum atomic E-state index is 12.6. The molecular weight excluding hydrogens is 506 g/mol. The first-order chi connectivity index (χ1) is 18.9. The molecule has 12 heteroatoms. The summed E-state index contributed by atoms with van der Waals surface area (Å²) in [4.78, 5) is 54.4. The van der Waals surface area contributed by atoms with Crippen molar-refractivity contribution in [3.05, 3.63) is 64.6 Å². The molecule has 2 amide bonds. The summed E-state index contributed by atoms with van der Waals surface area (Å²) in [6.45, 7) is 4.21. The number of H-pyrrole nitrogens is 1. The van der Waals surface area contributed by atoms with E-state index in [-0.39, 0.29) is 30.2 Å². The van der Waals surface area contributed by atoms with Crippen LogP contribution in [0.15, 0.2) is 57.8 Å². The quantitative estimate of drug-likeness (QED) is 0.415. The number of aromatic amines is 1. The maximum Gasteiger partial charge on any atom is 0.439 e. The lowest BCUT2D eigenvalue weighted by molar-refractivity contribution is -0.148. The third kappa shape index (κ3) is 5.95. The minimum atomic E-state index is -0.657. The van der Waals surface area contributed by atoms with E-state index >= 15 is 0 Å². The molecule has 3 aromatic rings. The molecule has 1 atom stereocenters. The van der Waals surface area contributed by atoms with Crippen molar-refractivity contribution in [3.63, 3.8) is 0 Å². The Morgan fingerprint density at radius 2 is 1.74 bits per heavy atom. The van der Waals surface area contributed by atoms with Crippen LogP contribution in [-0.2, 0) is 14.3 Å². The molecule has 2 fully saturated rings. The largest absolute Gasteiger partial charge is 0.466 e. The van der Waals surface area contributed by atoms with Gasteiger partial charge in [0.2, 0.25) is 0 Å². The van der Waals surface area contributed by atoms with Crippen molar-refractivity contribution in [2.24, 2.45) is 5.92 Å². The van der Waals surface area contributed by atoms with Gasteiger partial charge in [-0.2, -0.15) is 0 Å². The zero-order valence-corrected chi connectivity index (χ0v) is 21.4. The van der Waals surface area contributed by atoms with Crippen molar-refractivity contribution in [2.75, 3.05) is 42.6 Å². The van der Waals surface area contributed by atoms with E-state index in [2.05, 4.69) is 24.9 Å². The average molecular weight is 536 g/mol. The lowest BCUT2D eigenvalue weighted by Crippen LogP contribution is -2.37. The van der Waals surface area contributed by atoms with Crippen LogP contribution in [0.5, 0.6) is 0 Å². The first kappa shape index (κ1) is 26.0. The molecule has 0 aliphatic carbocycles. The van der Waals surface area contributed by atoms with Crippen LogP contribution in [-0.4, -0.2) is 67.0 Å². The van der Waals surface area contributed by atoms with E-state index < -0.39 is 18.0 Å². The van der Waals surface area contributed by atoms with Gasteiger partial charge in [0.1, 0.15) is 6.10 Å². The normalized spacial score (nSPS) is 17.7. The van der Waals surface area contributed by atoms with Gasteiger partial charge in [-0.25, -0.2) is 9.59 Å². The number of aromatic nitrogens is 2. The minimum absolute atomic E-state index is 0.0529. The summed E-state index contributed by atoms with van der Waals surface area (Å²) in [5, 5.41) is 6.41. The highest BCUT2D eigenvalue weighted by Crippen LogP contribution is 2.28. The summed E-state index contributed by atoms with van der Waals surface area (Å²) >= 11 is 0. The van der Waals surface area contributed by atoms with E-state index in [1.54, 1.807) is 29.2 Å². The lowest BCUT2D eigenvalue weighted by atomic mass is 9.96. The van der Waals surface area contributed by atoms with Crippen LogP contribution in [0.25, 0.3) is 11.4 Å². The number of carbonyl (C=O) groups is 3. The van der Waals surface area contributed by atoms with Crippen molar-refractivity contribution in [1.29, 1.82) is 0 Å². The number of nitrogens with one attached hydrogen (secondary N) is 2. The third-order valence-electron chi connectivity index (χ3n) is 6.87. The molecule has 12 nitrogen and oxygen atoms in total. The summed E-state index contributed by atoms with van der Waals surface area (Å²) in [6, 6.07) is 14.2. The highest BCUT2D eigenvalue weighted by molar-refractivity contribution is 5.95. The SMILES string of the molecule is CCOC(=O)C1CCN(c2ccc(N3C[C@H](CNC(=O)c4ccc(-c5noc(=O)[nH]5)cc4)OC3=O)cc2)CC1. The molecule has 2 aromatic carbocycles. The smallest absolute Gasteiger partial charge is 0.439 e. The molecule has 1 aromatic heterocycles. The Morgan fingerprint density at radius 1 is 1.05 bits per heavy atom. The first-order valence-corrected chi connectivity index (χ1v) is 12.9. The fourth-order valence-corrected chi connectivity index (χ4v) is 4.76. The zero-order valence-electron chi connectivity index (χ0n) is 21.4. The predicted molar refractivity (Wildman–Crippen MR) is 141 cm³/mol. The van der Waals surface area contributed by atoms with Gasteiger partial charge in [-0.05, 0) is 56.2 Å². The number of nitrogens with zero attached hydrogens (tertiary/aromatic N) is 3. The topological polar surface area (TPSA) is 147 Å². The lowest BCUT2D eigenvalue weighted by Gasteiger charge is -2.32. The molecule has 5 rings (SSSR count). The Kier molecular flexibility index (Phi) is 7.62. The van der Waals surface area contributed by atoms with Crippen LogP contribution in [0.3, 0.4) is 0 Å². The molecule has 0 unspecified atom stereocenters. The van der Waals surface area contributed by atoms with E-state index in [0.29, 0.717) is 30.0 Å². The van der Waals surface area contributed by atoms with Gasteiger partial charge in [0.25, 0.3) is 5.91 Å². The third-order valence-corrected chi connectivity index (χ3v) is 6.87. The molecule has 2 aliphatic heterocycles. The van der Waals surface area contributed by atoms with Crippen molar-refractivity contribution in [1.82, 2.24) is 15.5 Å². The molecule has 0 spiro atoms. The number of hydrogen-bond acceptors (Lipinski definition) is 9. The number of rotatable bonds is 8. The van der Waals surface area contributed by atoms with Gasteiger partial charge in [0, 0.05) is 35.6 Å². The minimum Gasteiger partial charge on any atom is -0.466 e. The Hall–Kier alpha value is -4.61. The van der Waals surface area contributed by atoms with Crippen LogP contribution in [0, 0.1) is 5.92 Å². The molecular formula is C27H29N5O7. The highest BCUT2D eigenvalue weighted by atomic mass is 16.6. The molecule has 204 valence electrons. The van der Waals surface area contributed by atoms with Crippen LogP contribution >= 0.6 is 0 Å². The summed E-state index contributed by atoms with van der Waals surface area (Å²) in [5.41, 5.74) is 2.75. The second-order valence-corrected chi connectivity index (χ2v) is 9.38. The molecule has 0 radical (unpaired) electrons. The van der Waals surface area contributed by atoms with Gasteiger partial charge in [0.15, 0.2) is 5.82 Å². The van der Waals surface area contributed by atoms with Gasteiger partial charge in [-0.1, -0.05) is 17.3 Å². The van der Waals surface area contributed by atoms with Crippen molar-refractivity contribution in [2.45, 2.75) is 25.9 Å². The van der Waals surface area contributed by atoms with Crippen LogP contribution in [0.4, 0.5) is 16.2 Å². The van der Waals surface area contributed by atoms with E-state index in [4.69, 9.17) is 9.47 Å². The van der Waals surface area contributed by atoms with Crippen LogP contribution < -0.4 is 20.9 Å². The number of ether oxygens (including phenoxy) is 2. The second kappa shape index (κ2) is 11.4. The van der Waals surface area contributed by atoms with Crippen molar-refractivity contribution >= 4 is 29.3 Å². The number of cyclic esters (lactones) is 1. The number of carbonyl (C=O) groups excluding carboxylic acids is 3. The Labute approximate surface area is 223 Å². The number of amides is 2. The average Bonchev–Trinajstić information content (AvgIpc) is 3.57. The highest BCUT2D eigenvalue weighted by Gasteiger charge is 2.33. The number of anilines is 2. The molecule has 3 heterocycles. The molecule has 2 aliphatic rings. The Bertz CT molecular complexity index is 1370. The Morgan fingerprint density at radius 3 is 2.38 bits per heavy atom. The first-order valence-electron chi connectivity index (χ1n) is 12.9. The molecule has 0 bridgehead atoms. The van der Waals surface area contributed by atoms with Crippen LogP contribution in [0.2, 0.25) is 0 Å². The van der Waals surface area contributed by atoms with Gasteiger partial charge in [-0.15, -0.1) is 0 Å².